The number of anilines is 1. The van der Waals surface area contributed by atoms with Crippen LogP contribution in [0.15, 0.2) is 54.7 Å². The second-order valence-corrected chi connectivity index (χ2v) is 8.54. The highest BCUT2D eigenvalue weighted by molar-refractivity contribution is 7.17. The molecular formula is C24H25N3O3S. The van der Waals surface area contributed by atoms with Gasteiger partial charge in [0.2, 0.25) is 5.91 Å². The summed E-state index contributed by atoms with van der Waals surface area (Å²) in [4.78, 5) is 30.8. The third-order valence-electron chi connectivity index (χ3n) is 5.40. The van der Waals surface area contributed by atoms with E-state index in [1.165, 1.54) is 23.3 Å². The van der Waals surface area contributed by atoms with Crippen molar-refractivity contribution >= 4 is 28.2 Å². The summed E-state index contributed by atoms with van der Waals surface area (Å²) in [6.45, 7) is 0.0827. The van der Waals surface area contributed by atoms with Crippen molar-refractivity contribution in [1.82, 2.24) is 10.3 Å². The normalized spacial score (nSPS) is 13.8. The largest absolute Gasteiger partial charge is 0.465 e. The quantitative estimate of drug-likeness (QED) is 0.546. The molecule has 0 radical (unpaired) electrons. The van der Waals surface area contributed by atoms with Gasteiger partial charge in [-0.3, -0.25) is 15.1 Å². The van der Waals surface area contributed by atoms with E-state index < -0.39 is 5.97 Å². The summed E-state index contributed by atoms with van der Waals surface area (Å²) in [7, 11) is 1.37. The van der Waals surface area contributed by atoms with Crippen molar-refractivity contribution in [1.29, 1.82) is 0 Å². The lowest BCUT2D eigenvalue weighted by atomic mass is 9.95. The summed E-state index contributed by atoms with van der Waals surface area (Å²) in [6.07, 6.45) is 5.68. The highest BCUT2D eigenvalue weighted by Gasteiger charge is 2.27. The molecular weight excluding hydrogens is 410 g/mol. The third-order valence-corrected chi connectivity index (χ3v) is 6.60. The van der Waals surface area contributed by atoms with Crippen LogP contribution < -0.4 is 10.6 Å². The monoisotopic (exact) mass is 435 g/mol. The Labute approximate surface area is 185 Å². The topological polar surface area (TPSA) is 80.3 Å². The second kappa shape index (κ2) is 9.85. The number of hydrogen-bond donors (Lipinski definition) is 2. The van der Waals surface area contributed by atoms with E-state index in [1.54, 1.807) is 6.20 Å². The average molecular weight is 436 g/mol. The molecule has 1 amide bonds. The number of esters is 1. The van der Waals surface area contributed by atoms with Gasteiger partial charge in [-0.05, 0) is 48.9 Å². The van der Waals surface area contributed by atoms with Crippen molar-refractivity contribution in [2.24, 2.45) is 0 Å². The molecule has 0 spiro atoms. The van der Waals surface area contributed by atoms with Crippen molar-refractivity contribution in [3.8, 4) is 0 Å². The van der Waals surface area contributed by atoms with Crippen molar-refractivity contribution in [3.05, 3.63) is 82.0 Å². The van der Waals surface area contributed by atoms with E-state index in [4.69, 9.17) is 4.74 Å². The molecule has 0 aliphatic heterocycles. The fourth-order valence-electron chi connectivity index (χ4n) is 3.92. The smallest absolute Gasteiger partial charge is 0.341 e. The first-order chi connectivity index (χ1) is 15.2. The van der Waals surface area contributed by atoms with Crippen molar-refractivity contribution in [2.45, 2.75) is 31.7 Å². The number of benzene rings is 1. The van der Waals surface area contributed by atoms with Gasteiger partial charge in [-0.2, -0.15) is 0 Å². The third kappa shape index (κ3) is 4.84. The number of ether oxygens (including phenoxy) is 1. The van der Waals surface area contributed by atoms with E-state index in [2.05, 4.69) is 15.6 Å². The van der Waals surface area contributed by atoms with E-state index >= 15 is 0 Å². The fraction of sp³-hybridized carbons (Fsp3) is 0.292. The maximum atomic E-state index is 12.8. The zero-order valence-corrected chi connectivity index (χ0v) is 18.2. The van der Waals surface area contributed by atoms with Gasteiger partial charge in [-0.15, -0.1) is 11.3 Å². The highest BCUT2D eigenvalue weighted by atomic mass is 32.1. The number of aryl methyl sites for hydroxylation is 1. The molecule has 1 atom stereocenters. The van der Waals surface area contributed by atoms with E-state index in [0.29, 0.717) is 10.6 Å². The van der Waals surface area contributed by atoms with E-state index in [1.807, 2.05) is 48.5 Å². The van der Waals surface area contributed by atoms with Gasteiger partial charge >= 0.3 is 5.97 Å². The SMILES string of the molecule is COC(=O)c1c(NC(=O)CNC(c2ccccc2)c2ccccn2)sc2c1CCCC2. The molecule has 2 heterocycles. The number of nitrogens with one attached hydrogen (secondary N) is 2. The Hall–Kier alpha value is -3.03. The molecule has 1 aromatic carbocycles. The molecule has 31 heavy (non-hydrogen) atoms. The number of carbonyl (C=O) groups is 2. The van der Waals surface area contributed by atoms with Crippen LogP contribution in [0.25, 0.3) is 0 Å². The number of amides is 1. The van der Waals surface area contributed by atoms with Crippen LogP contribution in [0.2, 0.25) is 0 Å². The zero-order valence-electron chi connectivity index (χ0n) is 17.4. The van der Waals surface area contributed by atoms with Crippen LogP contribution in [0.1, 0.15) is 50.9 Å². The number of fused-ring (bicyclic) bond motifs is 1. The minimum Gasteiger partial charge on any atom is -0.465 e. The molecule has 1 aliphatic carbocycles. The van der Waals surface area contributed by atoms with Gasteiger partial charge in [0.1, 0.15) is 5.00 Å². The predicted molar refractivity (Wildman–Crippen MR) is 121 cm³/mol. The molecule has 6 nitrogen and oxygen atoms in total. The van der Waals surface area contributed by atoms with Gasteiger partial charge in [-0.25, -0.2) is 4.79 Å². The zero-order chi connectivity index (χ0) is 21.6. The van der Waals surface area contributed by atoms with Crippen LogP contribution in [0.3, 0.4) is 0 Å². The minimum atomic E-state index is -0.390. The van der Waals surface area contributed by atoms with Gasteiger partial charge in [0.15, 0.2) is 0 Å². The number of aromatic nitrogens is 1. The van der Waals surface area contributed by atoms with Gasteiger partial charge < -0.3 is 10.1 Å². The number of methoxy groups -OCH3 is 1. The Morgan fingerprint density at radius 1 is 1.10 bits per heavy atom. The predicted octanol–water partition coefficient (Wildman–Crippen LogP) is 4.13. The van der Waals surface area contributed by atoms with Crippen molar-refractivity contribution in [3.63, 3.8) is 0 Å². The molecule has 0 bridgehead atoms. The number of thiophene rings is 1. The summed E-state index contributed by atoms with van der Waals surface area (Å²) in [6, 6.07) is 15.4. The number of nitrogens with zero attached hydrogens (tertiary/aromatic N) is 1. The Morgan fingerprint density at radius 3 is 2.61 bits per heavy atom. The molecule has 7 heteroatoms. The number of hydrogen-bond acceptors (Lipinski definition) is 6. The number of rotatable bonds is 7. The summed E-state index contributed by atoms with van der Waals surface area (Å²) >= 11 is 1.49. The Bertz CT molecular complexity index is 1010. The first kappa shape index (κ1) is 21.2. The summed E-state index contributed by atoms with van der Waals surface area (Å²) < 4.78 is 4.99. The van der Waals surface area contributed by atoms with Crippen LogP contribution in [0, 0.1) is 0 Å². The lowest BCUT2D eigenvalue weighted by molar-refractivity contribution is -0.115. The first-order valence-corrected chi connectivity index (χ1v) is 11.2. The lowest BCUT2D eigenvalue weighted by Gasteiger charge is -2.18. The maximum absolute atomic E-state index is 12.8. The van der Waals surface area contributed by atoms with Crippen LogP contribution in [-0.2, 0) is 22.4 Å². The van der Waals surface area contributed by atoms with Crippen LogP contribution >= 0.6 is 11.3 Å². The molecule has 0 fully saturated rings. The molecule has 1 unspecified atom stereocenters. The highest BCUT2D eigenvalue weighted by Crippen LogP contribution is 2.38. The summed E-state index contributed by atoms with van der Waals surface area (Å²) in [5.74, 6) is -0.598. The minimum absolute atomic E-state index is 0.0827. The average Bonchev–Trinajstić information content (AvgIpc) is 3.18. The Balaban J connectivity index is 1.51. The van der Waals surface area contributed by atoms with E-state index in [0.717, 1.165) is 42.5 Å². The fourth-order valence-corrected chi connectivity index (χ4v) is 5.22. The summed E-state index contributed by atoms with van der Waals surface area (Å²) in [5.41, 5.74) is 3.40. The molecule has 160 valence electrons. The standard InChI is InChI=1S/C24H25N3O3S/c1-30-24(29)21-17-11-5-6-13-19(17)31-23(21)27-20(28)15-26-22(16-9-3-2-4-10-16)18-12-7-8-14-25-18/h2-4,7-10,12,14,22,26H,5-6,11,13,15H2,1H3,(H,27,28). The van der Waals surface area contributed by atoms with Crippen LogP contribution in [0.5, 0.6) is 0 Å². The Morgan fingerprint density at radius 2 is 1.87 bits per heavy atom. The van der Waals surface area contributed by atoms with E-state index in [-0.39, 0.29) is 18.5 Å². The molecule has 4 rings (SSSR count). The molecule has 3 aromatic rings. The lowest BCUT2D eigenvalue weighted by Crippen LogP contribution is -2.32. The second-order valence-electron chi connectivity index (χ2n) is 7.43. The number of pyridine rings is 1. The van der Waals surface area contributed by atoms with Gasteiger partial charge in [0.05, 0.1) is 31.0 Å². The molecule has 2 N–H and O–H groups in total. The molecule has 2 aromatic heterocycles. The number of carbonyl (C=O) groups excluding carboxylic acids is 2. The van der Waals surface area contributed by atoms with E-state index in [9.17, 15) is 9.59 Å². The first-order valence-electron chi connectivity index (χ1n) is 10.4. The molecule has 1 aliphatic rings. The van der Waals surface area contributed by atoms with Gasteiger partial charge in [0, 0.05) is 11.1 Å². The summed E-state index contributed by atoms with van der Waals surface area (Å²) in [5, 5.41) is 6.83. The molecule has 0 saturated heterocycles. The van der Waals surface area contributed by atoms with Gasteiger partial charge in [-0.1, -0.05) is 36.4 Å². The van der Waals surface area contributed by atoms with Crippen LogP contribution in [0.4, 0.5) is 5.00 Å². The Kier molecular flexibility index (Phi) is 6.74. The maximum Gasteiger partial charge on any atom is 0.341 e. The van der Waals surface area contributed by atoms with Gasteiger partial charge in [0.25, 0.3) is 0 Å². The van der Waals surface area contributed by atoms with Crippen LogP contribution in [-0.4, -0.2) is 30.5 Å². The van der Waals surface area contributed by atoms with Crippen molar-refractivity contribution < 1.29 is 14.3 Å². The molecule has 0 saturated carbocycles. The van der Waals surface area contributed by atoms with Crippen molar-refractivity contribution in [2.75, 3.05) is 19.0 Å².